The van der Waals surface area contributed by atoms with E-state index in [-0.39, 0.29) is 0 Å². The highest BCUT2D eigenvalue weighted by molar-refractivity contribution is 5.80. The number of aliphatic imine (C=N–C) groups is 1. The fourth-order valence-corrected chi connectivity index (χ4v) is 3.90. The SMILES string of the molecule is CCNC(=NCCC1CCN(CC)CC1)N1CCN(C(C)C(F)(F)F)CC1. The van der Waals surface area contributed by atoms with Crippen LogP contribution in [0.15, 0.2) is 4.99 Å². The summed E-state index contributed by atoms with van der Waals surface area (Å²) in [6.07, 6.45) is -0.576. The molecule has 2 heterocycles. The van der Waals surface area contributed by atoms with Crippen molar-refractivity contribution in [3.63, 3.8) is 0 Å². The van der Waals surface area contributed by atoms with Crippen molar-refractivity contribution >= 4 is 5.96 Å². The van der Waals surface area contributed by atoms with Gasteiger partial charge in [-0.15, -0.1) is 0 Å². The third kappa shape index (κ3) is 6.82. The average molecular weight is 392 g/mol. The van der Waals surface area contributed by atoms with E-state index in [1.54, 1.807) is 0 Å². The number of nitrogens with one attached hydrogen (secondary N) is 1. The number of likely N-dealkylation sites (tertiary alicyclic amines) is 1. The van der Waals surface area contributed by atoms with Gasteiger partial charge >= 0.3 is 6.18 Å². The predicted octanol–water partition coefficient (Wildman–Crippen LogP) is 2.64. The van der Waals surface area contributed by atoms with E-state index in [2.05, 4.69) is 22.0 Å². The summed E-state index contributed by atoms with van der Waals surface area (Å²) in [6.45, 7) is 12.6. The molecular formula is C19H36F3N5. The quantitative estimate of drug-likeness (QED) is 0.558. The van der Waals surface area contributed by atoms with Gasteiger partial charge in [0.1, 0.15) is 6.04 Å². The molecule has 27 heavy (non-hydrogen) atoms. The Bertz CT molecular complexity index is 453. The van der Waals surface area contributed by atoms with E-state index in [1.165, 1.54) is 37.8 Å². The second-order valence-corrected chi connectivity index (χ2v) is 7.64. The maximum atomic E-state index is 12.9. The van der Waals surface area contributed by atoms with Gasteiger partial charge in [0.2, 0.25) is 0 Å². The van der Waals surface area contributed by atoms with Gasteiger partial charge in [0.15, 0.2) is 5.96 Å². The van der Waals surface area contributed by atoms with Gasteiger partial charge in [0.05, 0.1) is 0 Å². The zero-order chi connectivity index (χ0) is 19.9. The molecule has 2 saturated heterocycles. The summed E-state index contributed by atoms with van der Waals surface area (Å²) in [5, 5.41) is 3.31. The van der Waals surface area contributed by atoms with Gasteiger partial charge in [-0.3, -0.25) is 9.89 Å². The fraction of sp³-hybridized carbons (Fsp3) is 0.947. The number of piperazine rings is 1. The second kappa shape index (κ2) is 10.5. The lowest BCUT2D eigenvalue weighted by Gasteiger charge is -2.39. The summed E-state index contributed by atoms with van der Waals surface area (Å²) in [4.78, 5) is 10.9. The van der Waals surface area contributed by atoms with E-state index >= 15 is 0 Å². The van der Waals surface area contributed by atoms with Crippen molar-refractivity contribution in [2.24, 2.45) is 10.9 Å². The molecule has 0 radical (unpaired) electrons. The third-order valence-corrected chi connectivity index (χ3v) is 5.92. The maximum Gasteiger partial charge on any atom is 0.403 e. The number of guanidine groups is 1. The van der Waals surface area contributed by atoms with Crippen molar-refractivity contribution in [3.8, 4) is 0 Å². The molecule has 0 aromatic carbocycles. The first-order chi connectivity index (χ1) is 12.8. The van der Waals surface area contributed by atoms with Gasteiger partial charge in [-0.1, -0.05) is 6.92 Å². The van der Waals surface area contributed by atoms with Crippen molar-refractivity contribution in [3.05, 3.63) is 0 Å². The minimum absolute atomic E-state index is 0.417. The van der Waals surface area contributed by atoms with E-state index in [0.29, 0.717) is 26.2 Å². The van der Waals surface area contributed by atoms with Crippen molar-refractivity contribution in [2.45, 2.75) is 52.3 Å². The second-order valence-electron chi connectivity index (χ2n) is 7.64. The molecule has 2 fully saturated rings. The highest BCUT2D eigenvalue weighted by Gasteiger charge is 2.41. The van der Waals surface area contributed by atoms with Crippen molar-refractivity contribution in [1.82, 2.24) is 20.0 Å². The zero-order valence-corrected chi connectivity index (χ0v) is 17.1. The Morgan fingerprint density at radius 2 is 1.70 bits per heavy atom. The molecule has 0 spiro atoms. The molecule has 0 aliphatic carbocycles. The van der Waals surface area contributed by atoms with Crippen LogP contribution in [0.5, 0.6) is 0 Å². The number of piperidine rings is 1. The van der Waals surface area contributed by atoms with Gasteiger partial charge in [-0.05, 0) is 58.7 Å². The van der Waals surface area contributed by atoms with Crippen LogP contribution in [0.25, 0.3) is 0 Å². The average Bonchev–Trinajstić information content (AvgIpc) is 2.66. The van der Waals surface area contributed by atoms with Gasteiger partial charge in [-0.25, -0.2) is 0 Å². The zero-order valence-electron chi connectivity index (χ0n) is 17.1. The molecule has 1 N–H and O–H groups in total. The van der Waals surface area contributed by atoms with E-state index in [1.807, 2.05) is 6.92 Å². The summed E-state index contributed by atoms with van der Waals surface area (Å²) in [5.41, 5.74) is 0. The molecule has 2 aliphatic rings. The topological polar surface area (TPSA) is 34.1 Å². The van der Waals surface area contributed by atoms with Crippen LogP contribution in [-0.2, 0) is 0 Å². The number of nitrogens with zero attached hydrogens (tertiary/aromatic N) is 4. The first kappa shape index (κ1) is 22.3. The number of rotatable bonds is 6. The van der Waals surface area contributed by atoms with Crippen molar-refractivity contribution in [1.29, 1.82) is 0 Å². The van der Waals surface area contributed by atoms with Crippen LogP contribution in [0.2, 0.25) is 0 Å². The molecular weight excluding hydrogens is 355 g/mol. The number of alkyl halides is 3. The summed E-state index contributed by atoms with van der Waals surface area (Å²) in [5.74, 6) is 1.59. The molecule has 0 bridgehead atoms. The van der Waals surface area contributed by atoms with Crippen LogP contribution in [0.3, 0.4) is 0 Å². The van der Waals surface area contributed by atoms with E-state index in [9.17, 15) is 13.2 Å². The number of halogens is 3. The van der Waals surface area contributed by atoms with Crippen molar-refractivity contribution in [2.75, 3.05) is 58.9 Å². The largest absolute Gasteiger partial charge is 0.403 e. The summed E-state index contributed by atoms with van der Waals surface area (Å²) in [6, 6.07) is -1.38. The van der Waals surface area contributed by atoms with Gasteiger partial charge in [0, 0.05) is 39.3 Å². The highest BCUT2D eigenvalue weighted by Crippen LogP contribution is 2.25. The van der Waals surface area contributed by atoms with Crippen LogP contribution in [0.4, 0.5) is 13.2 Å². The molecule has 1 unspecified atom stereocenters. The Hall–Kier alpha value is -1.02. The number of hydrogen-bond acceptors (Lipinski definition) is 3. The Morgan fingerprint density at radius 3 is 2.22 bits per heavy atom. The molecule has 1 atom stereocenters. The monoisotopic (exact) mass is 391 g/mol. The van der Waals surface area contributed by atoms with Crippen LogP contribution in [0, 0.1) is 5.92 Å². The van der Waals surface area contributed by atoms with Crippen LogP contribution in [-0.4, -0.2) is 91.8 Å². The molecule has 5 nitrogen and oxygen atoms in total. The predicted molar refractivity (Wildman–Crippen MR) is 104 cm³/mol. The minimum Gasteiger partial charge on any atom is -0.357 e. The minimum atomic E-state index is -4.16. The summed E-state index contributed by atoms with van der Waals surface area (Å²) < 4.78 is 38.7. The molecule has 8 heteroatoms. The number of hydrogen-bond donors (Lipinski definition) is 1. The first-order valence-corrected chi connectivity index (χ1v) is 10.4. The van der Waals surface area contributed by atoms with E-state index in [4.69, 9.17) is 4.99 Å². The Kier molecular flexibility index (Phi) is 8.66. The van der Waals surface area contributed by atoms with E-state index in [0.717, 1.165) is 37.9 Å². The maximum absolute atomic E-state index is 12.9. The lowest BCUT2D eigenvalue weighted by molar-refractivity contribution is -0.181. The summed E-state index contributed by atoms with van der Waals surface area (Å²) in [7, 11) is 0. The van der Waals surface area contributed by atoms with Gasteiger partial charge in [0.25, 0.3) is 0 Å². The van der Waals surface area contributed by atoms with Gasteiger partial charge in [-0.2, -0.15) is 13.2 Å². The Labute approximate surface area is 162 Å². The molecule has 0 amide bonds. The Balaban J connectivity index is 1.80. The lowest BCUT2D eigenvalue weighted by Crippen LogP contribution is -2.56. The fourth-order valence-electron chi connectivity index (χ4n) is 3.90. The van der Waals surface area contributed by atoms with Crippen LogP contribution < -0.4 is 5.32 Å². The lowest BCUT2D eigenvalue weighted by atomic mass is 9.94. The Morgan fingerprint density at radius 1 is 1.07 bits per heavy atom. The molecule has 2 aliphatic heterocycles. The molecule has 0 aromatic heterocycles. The van der Waals surface area contributed by atoms with Crippen molar-refractivity contribution < 1.29 is 13.2 Å². The van der Waals surface area contributed by atoms with Gasteiger partial charge < -0.3 is 15.1 Å². The van der Waals surface area contributed by atoms with Crippen LogP contribution in [0.1, 0.15) is 40.0 Å². The standard InChI is InChI=1S/C19H36F3N5/c1-4-23-18(24-9-6-17-7-10-25(5-2)11-8-17)27-14-12-26(13-15-27)16(3)19(20,21)22/h16-17H,4-15H2,1-3H3,(H,23,24). The molecule has 0 aromatic rings. The molecule has 0 saturated carbocycles. The molecule has 158 valence electrons. The van der Waals surface area contributed by atoms with Crippen LogP contribution >= 0.6 is 0 Å². The summed E-state index contributed by atoms with van der Waals surface area (Å²) >= 11 is 0. The molecule has 2 rings (SSSR count). The first-order valence-electron chi connectivity index (χ1n) is 10.4. The third-order valence-electron chi connectivity index (χ3n) is 5.92. The smallest absolute Gasteiger partial charge is 0.357 e. The van der Waals surface area contributed by atoms with E-state index < -0.39 is 12.2 Å². The highest BCUT2D eigenvalue weighted by atomic mass is 19.4. The normalized spacial score (nSPS) is 22.9.